The molecule has 0 atom stereocenters. The maximum absolute atomic E-state index is 12.7. The summed E-state index contributed by atoms with van der Waals surface area (Å²) >= 11 is 0. The van der Waals surface area contributed by atoms with Crippen molar-refractivity contribution >= 4 is 17.9 Å². The summed E-state index contributed by atoms with van der Waals surface area (Å²) in [6.45, 7) is 0. The summed E-state index contributed by atoms with van der Waals surface area (Å²) in [4.78, 5) is 36.5. The van der Waals surface area contributed by atoms with E-state index >= 15 is 0 Å². The molecule has 9 heteroatoms. The molecular formula is C20H20O9. The van der Waals surface area contributed by atoms with E-state index in [9.17, 15) is 14.4 Å². The zero-order valence-corrected chi connectivity index (χ0v) is 16.6. The summed E-state index contributed by atoms with van der Waals surface area (Å²) in [5.74, 6) is -1.50. The number of benzene rings is 2. The Morgan fingerprint density at radius 3 is 1.69 bits per heavy atom. The van der Waals surface area contributed by atoms with Crippen molar-refractivity contribution in [2.45, 2.75) is 0 Å². The minimum absolute atomic E-state index is 0.0901. The van der Waals surface area contributed by atoms with Crippen LogP contribution < -0.4 is 18.9 Å². The lowest BCUT2D eigenvalue weighted by Crippen LogP contribution is -2.14. The molecule has 0 bridgehead atoms. The zero-order chi connectivity index (χ0) is 21.6. The van der Waals surface area contributed by atoms with Gasteiger partial charge in [0.25, 0.3) is 0 Å². The summed E-state index contributed by atoms with van der Waals surface area (Å²) in [7, 11) is 6.63. The van der Waals surface area contributed by atoms with Crippen LogP contribution in [0.15, 0.2) is 30.3 Å². The van der Waals surface area contributed by atoms with Crippen LogP contribution in [0, 0.1) is 0 Å². The third-order valence-corrected chi connectivity index (χ3v) is 3.91. The first kappa shape index (κ1) is 21.5. The van der Waals surface area contributed by atoms with Crippen molar-refractivity contribution in [3.63, 3.8) is 0 Å². The number of methoxy groups -OCH3 is 5. The molecule has 0 aromatic heterocycles. The van der Waals surface area contributed by atoms with Gasteiger partial charge in [0.1, 0.15) is 11.3 Å². The van der Waals surface area contributed by atoms with Crippen LogP contribution in [0.3, 0.4) is 0 Å². The lowest BCUT2D eigenvalue weighted by atomic mass is 10.1. The fourth-order valence-corrected chi connectivity index (χ4v) is 2.49. The largest absolute Gasteiger partial charge is 0.493 e. The summed E-state index contributed by atoms with van der Waals surface area (Å²) < 4.78 is 30.3. The van der Waals surface area contributed by atoms with Crippen molar-refractivity contribution in [2.24, 2.45) is 0 Å². The van der Waals surface area contributed by atoms with Crippen LogP contribution in [0.4, 0.5) is 0 Å². The lowest BCUT2D eigenvalue weighted by molar-refractivity contribution is 0.0593. The van der Waals surface area contributed by atoms with Crippen molar-refractivity contribution in [3.05, 3.63) is 47.0 Å². The second-order valence-corrected chi connectivity index (χ2v) is 5.50. The molecule has 0 N–H and O–H groups in total. The summed E-state index contributed by atoms with van der Waals surface area (Å²) in [6.07, 6.45) is 0. The van der Waals surface area contributed by atoms with Gasteiger partial charge in [0.05, 0.1) is 46.7 Å². The second-order valence-electron chi connectivity index (χ2n) is 5.50. The molecule has 0 aliphatic rings. The zero-order valence-electron chi connectivity index (χ0n) is 16.6. The van der Waals surface area contributed by atoms with Gasteiger partial charge >= 0.3 is 17.9 Å². The standard InChI is InChI=1S/C20H20O9/c1-24-15-9-12(10-16(25-2)17(15)26-3)19(22)29-14-7-6-11(18(21)27-4)8-13(14)20(23)28-5/h6-10H,1-5H3. The molecule has 0 aliphatic heterocycles. The average Bonchev–Trinajstić information content (AvgIpc) is 2.76. The molecule has 29 heavy (non-hydrogen) atoms. The third-order valence-electron chi connectivity index (χ3n) is 3.91. The molecule has 0 heterocycles. The Kier molecular flexibility index (Phi) is 7.02. The first-order valence-electron chi connectivity index (χ1n) is 8.23. The van der Waals surface area contributed by atoms with E-state index < -0.39 is 17.9 Å². The molecule has 2 rings (SSSR count). The first-order chi connectivity index (χ1) is 13.9. The fraction of sp³-hybridized carbons (Fsp3) is 0.250. The SMILES string of the molecule is COC(=O)c1ccc(OC(=O)c2cc(OC)c(OC)c(OC)c2)c(C(=O)OC)c1. The predicted molar refractivity (Wildman–Crippen MR) is 100 cm³/mol. The number of rotatable bonds is 7. The van der Waals surface area contributed by atoms with Gasteiger partial charge in [0, 0.05) is 0 Å². The number of hydrogen-bond acceptors (Lipinski definition) is 9. The van der Waals surface area contributed by atoms with E-state index in [4.69, 9.17) is 23.7 Å². The van der Waals surface area contributed by atoms with Crippen molar-refractivity contribution < 1.29 is 42.8 Å². The first-order valence-corrected chi connectivity index (χ1v) is 8.23. The van der Waals surface area contributed by atoms with Crippen molar-refractivity contribution in [1.82, 2.24) is 0 Å². The molecule has 0 spiro atoms. The fourth-order valence-electron chi connectivity index (χ4n) is 2.49. The third kappa shape index (κ3) is 4.57. The molecule has 2 aromatic carbocycles. The molecule has 0 saturated heterocycles. The maximum atomic E-state index is 12.7. The van der Waals surface area contributed by atoms with Gasteiger partial charge in [-0.25, -0.2) is 14.4 Å². The minimum atomic E-state index is -0.791. The monoisotopic (exact) mass is 404 g/mol. The topological polar surface area (TPSA) is 107 Å². The lowest BCUT2D eigenvalue weighted by Gasteiger charge is -2.14. The van der Waals surface area contributed by atoms with E-state index in [0.29, 0.717) is 5.75 Å². The van der Waals surface area contributed by atoms with Crippen LogP contribution in [0.25, 0.3) is 0 Å². The van der Waals surface area contributed by atoms with E-state index in [1.54, 1.807) is 0 Å². The van der Waals surface area contributed by atoms with Crippen LogP contribution in [0.5, 0.6) is 23.0 Å². The maximum Gasteiger partial charge on any atom is 0.343 e. The quantitative estimate of drug-likeness (QED) is 0.508. The van der Waals surface area contributed by atoms with E-state index in [-0.39, 0.29) is 33.9 Å². The number of carbonyl (C=O) groups excluding carboxylic acids is 3. The highest BCUT2D eigenvalue weighted by Gasteiger charge is 2.22. The number of hydrogen-bond donors (Lipinski definition) is 0. The van der Waals surface area contributed by atoms with Crippen molar-refractivity contribution in [3.8, 4) is 23.0 Å². The number of ether oxygens (including phenoxy) is 6. The van der Waals surface area contributed by atoms with Crippen molar-refractivity contribution in [2.75, 3.05) is 35.5 Å². The van der Waals surface area contributed by atoms with E-state index in [1.165, 1.54) is 58.8 Å². The Labute approximate surface area is 167 Å². The van der Waals surface area contributed by atoms with Gasteiger partial charge in [-0.3, -0.25) is 0 Å². The number of carbonyl (C=O) groups is 3. The van der Waals surface area contributed by atoms with Crippen LogP contribution in [-0.4, -0.2) is 53.5 Å². The summed E-state index contributed by atoms with van der Waals surface area (Å²) in [5.41, 5.74) is 0.0732. The van der Waals surface area contributed by atoms with E-state index in [2.05, 4.69) is 4.74 Å². The molecule has 0 unspecified atom stereocenters. The molecule has 154 valence electrons. The van der Waals surface area contributed by atoms with Gasteiger partial charge in [-0.1, -0.05) is 0 Å². The molecule has 2 aromatic rings. The smallest absolute Gasteiger partial charge is 0.343 e. The van der Waals surface area contributed by atoms with Gasteiger partial charge in [-0.05, 0) is 30.3 Å². The molecular weight excluding hydrogens is 384 g/mol. The van der Waals surface area contributed by atoms with Crippen LogP contribution in [0.2, 0.25) is 0 Å². The molecule has 9 nitrogen and oxygen atoms in total. The Balaban J connectivity index is 2.44. The van der Waals surface area contributed by atoms with Gasteiger partial charge in [0.15, 0.2) is 11.5 Å². The normalized spacial score (nSPS) is 9.97. The summed E-state index contributed by atoms with van der Waals surface area (Å²) in [5, 5.41) is 0. The Morgan fingerprint density at radius 1 is 0.621 bits per heavy atom. The summed E-state index contributed by atoms with van der Waals surface area (Å²) in [6, 6.07) is 6.69. The second kappa shape index (κ2) is 9.45. The molecule has 0 amide bonds. The Morgan fingerprint density at radius 2 is 1.21 bits per heavy atom. The number of esters is 3. The van der Waals surface area contributed by atoms with Gasteiger partial charge in [-0.15, -0.1) is 0 Å². The van der Waals surface area contributed by atoms with Crippen molar-refractivity contribution in [1.29, 1.82) is 0 Å². The van der Waals surface area contributed by atoms with Gasteiger partial charge in [0.2, 0.25) is 5.75 Å². The highest BCUT2D eigenvalue weighted by Crippen LogP contribution is 2.38. The van der Waals surface area contributed by atoms with Crippen LogP contribution in [0.1, 0.15) is 31.1 Å². The molecule has 0 saturated carbocycles. The Bertz CT molecular complexity index is 909. The van der Waals surface area contributed by atoms with E-state index in [0.717, 1.165) is 7.11 Å². The molecule has 0 radical (unpaired) electrons. The average molecular weight is 404 g/mol. The highest BCUT2D eigenvalue weighted by molar-refractivity contribution is 5.99. The van der Waals surface area contributed by atoms with Crippen LogP contribution >= 0.6 is 0 Å². The van der Waals surface area contributed by atoms with Gasteiger partial charge < -0.3 is 28.4 Å². The molecule has 0 fully saturated rings. The highest BCUT2D eigenvalue weighted by atomic mass is 16.6. The Hall–Kier alpha value is -3.75. The minimum Gasteiger partial charge on any atom is -0.493 e. The van der Waals surface area contributed by atoms with E-state index in [1.807, 2.05) is 0 Å². The molecule has 0 aliphatic carbocycles. The predicted octanol–water partition coefficient (Wildman–Crippen LogP) is 2.50. The van der Waals surface area contributed by atoms with Gasteiger partial charge in [-0.2, -0.15) is 0 Å². The van der Waals surface area contributed by atoms with Crippen LogP contribution in [-0.2, 0) is 9.47 Å².